The third-order valence-electron chi connectivity index (χ3n) is 4.28. The molecular formula is C24H21BrN2O4. The number of ether oxygens (including phenoxy) is 2. The van der Waals surface area contributed by atoms with E-state index in [-0.39, 0.29) is 6.61 Å². The van der Waals surface area contributed by atoms with Gasteiger partial charge >= 0.3 is 5.97 Å². The lowest BCUT2D eigenvalue weighted by atomic mass is 10.1. The lowest BCUT2D eigenvalue weighted by Crippen LogP contribution is -2.24. The fourth-order valence-corrected chi connectivity index (χ4v) is 3.04. The van der Waals surface area contributed by atoms with Crippen molar-refractivity contribution in [2.45, 2.75) is 13.8 Å². The molecule has 0 atom stereocenters. The third-order valence-corrected chi connectivity index (χ3v) is 4.77. The molecule has 3 aromatic rings. The van der Waals surface area contributed by atoms with Crippen LogP contribution in [0.5, 0.6) is 11.5 Å². The molecule has 3 rings (SSSR count). The maximum atomic E-state index is 12.3. The maximum Gasteiger partial charge on any atom is 0.343 e. The number of amides is 1. The lowest BCUT2D eigenvalue weighted by Gasteiger charge is -2.09. The Morgan fingerprint density at radius 2 is 1.77 bits per heavy atom. The molecule has 0 saturated heterocycles. The number of rotatable bonds is 7. The van der Waals surface area contributed by atoms with E-state index in [0.717, 1.165) is 15.6 Å². The van der Waals surface area contributed by atoms with E-state index in [1.54, 1.807) is 42.5 Å². The molecule has 158 valence electrons. The zero-order valence-electron chi connectivity index (χ0n) is 17.1. The van der Waals surface area contributed by atoms with E-state index in [0.29, 0.717) is 22.6 Å². The SMILES string of the molecule is Cc1ccc(C)c(OCC(=O)N/N=C\c2cc(Br)ccc2OC(=O)c2ccccc2)c1. The monoisotopic (exact) mass is 480 g/mol. The lowest BCUT2D eigenvalue weighted by molar-refractivity contribution is -0.123. The first-order valence-corrected chi connectivity index (χ1v) is 10.3. The molecule has 0 bridgehead atoms. The number of nitrogens with zero attached hydrogens (tertiary/aromatic N) is 1. The fourth-order valence-electron chi connectivity index (χ4n) is 2.66. The van der Waals surface area contributed by atoms with Gasteiger partial charge in [-0.05, 0) is 61.4 Å². The highest BCUT2D eigenvalue weighted by atomic mass is 79.9. The van der Waals surface area contributed by atoms with Crippen LogP contribution in [0.2, 0.25) is 0 Å². The Hall–Kier alpha value is -3.45. The van der Waals surface area contributed by atoms with Crippen molar-refractivity contribution in [1.29, 1.82) is 0 Å². The molecule has 6 nitrogen and oxygen atoms in total. The number of carbonyl (C=O) groups is 2. The Morgan fingerprint density at radius 1 is 1.00 bits per heavy atom. The van der Waals surface area contributed by atoms with Gasteiger partial charge in [-0.25, -0.2) is 10.2 Å². The number of aryl methyl sites for hydroxylation is 2. The summed E-state index contributed by atoms with van der Waals surface area (Å²) in [5.74, 6) is 0.0847. The van der Waals surface area contributed by atoms with Gasteiger partial charge in [-0.3, -0.25) is 4.79 Å². The zero-order chi connectivity index (χ0) is 22.2. The molecule has 0 aliphatic rings. The summed E-state index contributed by atoms with van der Waals surface area (Å²) in [6, 6.07) is 19.6. The number of hydrogen-bond acceptors (Lipinski definition) is 5. The van der Waals surface area contributed by atoms with E-state index < -0.39 is 11.9 Å². The maximum absolute atomic E-state index is 12.3. The number of hydrazone groups is 1. The van der Waals surface area contributed by atoms with Gasteiger partial charge in [0.1, 0.15) is 11.5 Å². The summed E-state index contributed by atoms with van der Waals surface area (Å²) in [7, 11) is 0. The molecule has 0 aliphatic carbocycles. The molecule has 0 fully saturated rings. The molecule has 7 heteroatoms. The Balaban J connectivity index is 1.62. The van der Waals surface area contributed by atoms with Gasteiger partial charge in [-0.2, -0.15) is 5.10 Å². The first kappa shape index (κ1) is 22.2. The average Bonchev–Trinajstić information content (AvgIpc) is 2.76. The topological polar surface area (TPSA) is 77.0 Å². The Bertz CT molecular complexity index is 1110. The summed E-state index contributed by atoms with van der Waals surface area (Å²) in [4.78, 5) is 24.4. The van der Waals surface area contributed by atoms with Gasteiger partial charge < -0.3 is 9.47 Å². The van der Waals surface area contributed by atoms with Crippen LogP contribution in [0.1, 0.15) is 27.0 Å². The summed E-state index contributed by atoms with van der Waals surface area (Å²) in [5, 5.41) is 3.96. The standard InChI is InChI=1S/C24H21BrN2O4/c1-16-8-9-17(2)22(12-16)30-15-23(28)27-26-14-19-13-20(25)10-11-21(19)31-24(29)18-6-4-3-5-7-18/h3-14H,15H2,1-2H3,(H,27,28)/b26-14-. The fraction of sp³-hybridized carbons (Fsp3) is 0.125. The van der Waals surface area contributed by atoms with Crippen molar-refractivity contribution >= 4 is 34.0 Å². The minimum absolute atomic E-state index is 0.171. The molecule has 0 saturated carbocycles. The predicted molar refractivity (Wildman–Crippen MR) is 123 cm³/mol. The molecule has 1 N–H and O–H groups in total. The minimum Gasteiger partial charge on any atom is -0.483 e. The average molecular weight is 481 g/mol. The molecule has 3 aromatic carbocycles. The van der Waals surface area contributed by atoms with Crippen molar-refractivity contribution < 1.29 is 19.1 Å². The van der Waals surface area contributed by atoms with E-state index in [1.165, 1.54) is 6.21 Å². The minimum atomic E-state index is -0.483. The molecule has 0 spiro atoms. The van der Waals surface area contributed by atoms with Crippen molar-refractivity contribution in [3.05, 3.63) is 93.5 Å². The van der Waals surface area contributed by atoms with Crippen LogP contribution in [0.3, 0.4) is 0 Å². The molecule has 0 radical (unpaired) electrons. The van der Waals surface area contributed by atoms with Gasteiger partial charge in [0.25, 0.3) is 5.91 Å². The molecule has 0 heterocycles. The highest BCUT2D eigenvalue weighted by Crippen LogP contribution is 2.23. The van der Waals surface area contributed by atoms with Crippen molar-refractivity contribution in [1.82, 2.24) is 5.43 Å². The third kappa shape index (κ3) is 6.52. The van der Waals surface area contributed by atoms with Crippen LogP contribution in [0.25, 0.3) is 0 Å². The molecule has 0 unspecified atom stereocenters. The van der Waals surface area contributed by atoms with E-state index in [9.17, 15) is 9.59 Å². The van der Waals surface area contributed by atoms with Crippen molar-refractivity contribution in [3.63, 3.8) is 0 Å². The molecular weight excluding hydrogens is 460 g/mol. The molecule has 31 heavy (non-hydrogen) atoms. The van der Waals surface area contributed by atoms with Crippen molar-refractivity contribution in [3.8, 4) is 11.5 Å². The van der Waals surface area contributed by atoms with E-state index in [4.69, 9.17) is 9.47 Å². The van der Waals surface area contributed by atoms with Crippen LogP contribution in [-0.2, 0) is 4.79 Å². The first-order chi connectivity index (χ1) is 14.9. The summed E-state index contributed by atoms with van der Waals surface area (Å²) < 4.78 is 11.8. The number of hydrogen-bond donors (Lipinski definition) is 1. The van der Waals surface area contributed by atoms with Crippen LogP contribution in [-0.4, -0.2) is 24.7 Å². The Morgan fingerprint density at radius 3 is 2.55 bits per heavy atom. The largest absolute Gasteiger partial charge is 0.483 e. The van der Waals surface area contributed by atoms with Gasteiger partial charge in [-0.1, -0.05) is 46.3 Å². The Kier molecular flexibility index (Phi) is 7.56. The first-order valence-electron chi connectivity index (χ1n) is 9.51. The highest BCUT2D eigenvalue weighted by Gasteiger charge is 2.11. The summed E-state index contributed by atoms with van der Waals surface area (Å²) >= 11 is 3.38. The molecule has 0 aromatic heterocycles. The quantitative estimate of drug-likeness (QED) is 0.227. The molecule has 1 amide bonds. The van der Waals surface area contributed by atoms with Crippen molar-refractivity contribution in [2.24, 2.45) is 5.10 Å². The van der Waals surface area contributed by atoms with Crippen LogP contribution in [0, 0.1) is 13.8 Å². The van der Waals surface area contributed by atoms with Gasteiger partial charge in [0, 0.05) is 10.0 Å². The predicted octanol–water partition coefficient (Wildman–Crippen LogP) is 4.81. The number of benzene rings is 3. The Labute approximate surface area is 189 Å². The van der Waals surface area contributed by atoms with E-state index in [1.807, 2.05) is 38.1 Å². The smallest absolute Gasteiger partial charge is 0.343 e. The number of carbonyl (C=O) groups excluding carboxylic acids is 2. The van der Waals surface area contributed by atoms with Gasteiger partial charge in [-0.15, -0.1) is 0 Å². The highest BCUT2D eigenvalue weighted by molar-refractivity contribution is 9.10. The second-order valence-corrected chi connectivity index (χ2v) is 7.70. The second kappa shape index (κ2) is 10.5. The van der Waals surface area contributed by atoms with Crippen LogP contribution >= 0.6 is 15.9 Å². The molecule has 0 aliphatic heterocycles. The van der Waals surface area contributed by atoms with E-state index >= 15 is 0 Å². The number of halogens is 1. The van der Waals surface area contributed by atoms with Crippen molar-refractivity contribution in [2.75, 3.05) is 6.61 Å². The van der Waals surface area contributed by atoms with Crippen LogP contribution in [0.4, 0.5) is 0 Å². The summed E-state index contributed by atoms with van der Waals surface area (Å²) in [6.45, 7) is 3.70. The van der Waals surface area contributed by atoms with Crippen LogP contribution in [0.15, 0.2) is 76.3 Å². The summed E-state index contributed by atoms with van der Waals surface area (Å²) in [5.41, 5.74) is 5.37. The van der Waals surface area contributed by atoms with E-state index in [2.05, 4.69) is 26.5 Å². The normalized spacial score (nSPS) is 10.7. The summed E-state index contributed by atoms with van der Waals surface area (Å²) in [6.07, 6.45) is 1.41. The number of nitrogens with one attached hydrogen (secondary N) is 1. The number of esters is 1. The second-order valence-electron chi connectivity index (χ2n) is 6.79. The van der Waals surface area contributed by atoms with Gasteiger partial charge in [0.2, 0.25) is 0 Å². The van der Waals surface area contributed by atoms with Gasteiger partial charge in [0.15, 0.2) is 6.61 Å². The zero-order valence-corrected chi connectivity index (χ0v) is 18.7. The van der Waals surface area contributed by atoms with Crippen LogP contribution < -0.4 is 14.9 Å². The van der Waals surface area contributed by atoms with Gasteiger partial charge in [0.05, 0.1) is 11.8 Å².